The Morgan fingerprint density at radius 3 is 2.83 bits per heavy atom. The highest BCUT2D eigenvalue weighted by atomic mass is 32.1. The molecule has 156 valence electrons. The van der Waals surface area contributed by atoms with E-state index in [-0.39, 0.29) is 23.8 Å². The van der Waals surface area contributed by atoms with Crippen LogP contribution in [-0.4, -0.2) is 41.1 Å². The van der Waals surface area contributed by atoms with Gasteiger partial charge in [-0.25, -0.2) is 9.37 Å². The van der Waals surface area contributed by atoms with Crippen LogP contribution in [0.5, 0.6) is 0 Å². The minimum Gasteiger partial charge on any atom is -0.376 e. The first-order valence-electron chi connectivity index (χ1n) is 9.40. The largest absolute Gasteiger partial charge is 0.376 e. The molecule has 0 unspecified atom stereocenters. The molecule has 9 heteroatoms. The number of ether oxygens (including phenoxy) is 1. The predicted molar refractivity (Wildman–Crippen MR) is 112 cm³/mol. The number of nitrogens with zero attached hydrogens (tertiary/aromatic N) is 2. The monoisotopic (exact) mass is 428 g/mol. The van der Waals surface area contributed by atoms with E-state index in [1.807, 2.05) is 16.8 Å². The van der Waals surface area contributed by atoms with Crippen molar-refractivity contribution < 1.29 is 18.7 Å². The van der Waals surface area contributed by atoms with Crippen LogP contribution >= 0.6 is 11.3 Å². The van der Waals surface area contributed by atoms with Crippen molar-refractivity contribution in [2.45, 2.75) is 19.4 Å². The minimum atomic E-state index is -0.390. The molecule has 1 aliphatic heterocycles. The minimum absolute atomic E-state index is 0.126. The number of anilines is 1. The number of hydrogen-bond donors (Lipinski definition) is 2. The van der Waals surface area contributed by atoms with Gasteiger partial charge >= 0.3 is 0 Å². The zero-order valence-corrected chi connectivity index (χ0v) is 17.4. The second-order valence-corrected chi connectivity index (χ2v) is 8.44. The molecule has 1 saturated heterocycles. The quantitative estimate of drug-likeness (QED) is 0.632. The molecule has 2 aromatic heterocycles. The fourth-order valence-corrected chi connectivity index (χ4v) is 3.92. The smallest absolute Gasteiger partial charge is 0.253 e. The second-order valence-electron chi connectivity index (χ2n) is 7.58. The zero-order valence-electron chi connectivity index (χ0n) is 16.6. The van der Waals surface area contributed by atoms with Crippen molar-refractivity contribution >= 4 is 28.3 Å². The van der Waals surface area contributed by atoms with Crippen LogP contribution < -0.4 is 10.6 Å². The SMILES string of the molecule is Cc1cc(F)cc(-c2csc(NC(=O)CNC(=O)c3ccn(C4(C)COC4)c3)n2)c1. The Morgan fingerprint density at radius 2 is 2.13 bits per heavy atom. The number of rotatable bonds is 6. The van der Waals surface area contributed by atoms with Crippen molar-refractivity contribution in [1.82, 2.24) is 14.9 Å². The molecule has 1 aromatic carbocycles. The Morgan fingerprint density at radius 1 is 1.33 bits per heavy atom. The highest BCUT2D eigenvalue weighted by molar-refractivity contribution is 7.14. The Labute approximate surface area is 176 Å². The van der Waals surface area contributed by atoms with Crippen molar-refractivity contribution in [3.05, 3.63) is 59.0 Å². The van der Waals surface area contributed by atoms with Crippen LogP contribution in [0.2, 0.25) is 0 Å². The molecule has 0 radical (unpaired) electrons. The van der Waals surface area contributed by atoms with Crippen molar-refractivity contribution in [3.63, 3.8) is 0 Å². The lowest BCUT2D eigenvalue weighted by Crippen LogP contribution is -2.48. The zero-order chi connectivity index (χ0) is 21.3. The van der Waals surface area contributed by atoms with Crippen LogP contribution in [0, 0.1) is 12.7 Å². The molecule has 0 spiro atoms. The summed E-state index contributed by atoms with van der Waals surface area (Å²) in [6, 6.07) is 6.38. The number of benzene rings is 1. The van der Waals surface area contributed by atoms with Gasteiger partial charge in [-0.3, -0.25) is 9.59 Å². The number of carbonyl (C=O) groups excluding carboxylic acids is 2. The van der Waals surface area contributed by atoms with Gasteiger partial charge in [0, 0.05) is 23.3 Å². The van der Waals surface area contributed by atoms with Crippen molar-refractivity contribution in [3.8, 4) is 11.3 Å². The molecule has 0 atom stereocenters. The summed E-state index contributed by atoms with van der Waals surface area (Å²) in [5, 5.41) is 7.39. The third-order valence-electron chi connectivity index (χ3n) is 4.90. The van der Waals surface area contributed by atoms with Gasteiger partial charge in [-0.05, 0) is 43.7 Å². The van der Waals surface area contributed by atoms with Gasteiger partial charge in [-0.2, -0.15) is 0 Å². The Hall–Kier alpha value is -3.04. The van der Waals surface area contributed by atoms with Crippen LogP contribution in [0.1, 0.15) is 22.8 Å². The van der Waals surface area contributed by atoms with E-state index in [2.05, 4.69) is 22.5 Å². The lowest BCUT2D eigenvalue weighted by Gasteiger charge is -2.39. The van der Waals surface area contributed by atoms with Gasteiger partial charge in [0.15, 0.2) is 5.13 Å². The topological polar surface area (TPSA) is 85.2 Å². The van der Waals surface area contributed by atoms with Crippen LogP contribution in [0.25, 0.3) is 11.3 Å². The maximum absolute atomic E-state index is 13.6. The summed E-state index contributed by atoms with van der Waals surface area (Å²) in [5.74, 6) is -1.06. The highest BCUT2D eigenvalue weighted by Crippen LogP contribution is 2.27. The summed E-state index contributed by atoms with van der Waals surface area (Å²) >= 11 is 1.24. The molecule has 3 heterocycles. The average molecular weight is 428 g/mol. The maximum atomic E-state index is 13.6. The summed E-state index contributed by atoms with van der Waals surface area (Å²) < 4.78 is 20.8. The van der Waals surface area contributed by atoms with Crippen LogP contribution in [0.4, 0.5) is 9.52 Å². The van der Waals surface area contributed by atoms with Gasteiger partial charge in [0.25, 0.3) is 5.91 Å². The van der Waals surface area contributed by atoms with E-state index in [9.17, 15) is 14.0 Å². The lowest BCUT2D eigenvalue weighted by atomic mass is 10.0. The molecule has 0 bridgehead atoms. The first-order chi connectivity index (χ1) is 14.3. The van der Waals surface area contributed by atoms with E-state index < -0.39 is 5.91 Å². The van der Waals surface area contributed by atoms with Crippen molar-refractivity contribution in [2.75, 3.05) is 25.1 Å². The molecular formula is C21H21FN4O3S. The van der Waals surface area contributed by atoms with Gasteiger partial charge < -0.3 is 19.9 Å². The molecule has 0 aliphatic carbocycles. The predicted octanol–water partition coefficient (Wildman–Crippen LogP) is 3.17. The average Bonchev–Trinajstić information content (AvgIpc) is 3.33. The molecule has 2 N–H and O–H groups in total. The van der Waals surface area contributed by atoms with Crippen molar-refractivity contribution in [1.29, 1.82) is 0 Å². The number of amides is 2. The van der Waals surface area contributed by atoms with E-state index in [0.717, 1.165) is 5.56 Å². The normalized spacial score (nSPS) is 14.8. The highest BCUT2D eigenvalue weighted by Gasteiger charge is 2.35. The Kier molecular flexibility index (Phi) is 5.40. The maximum Gasteiger partial charge on any atom is 0.253 e. The third-order valence-corrected chi connectivity index (χ3v) is 5.66. The number of hydrogen-bond acceptors (Lipinski definition) is 5. The molecule has 7 nitrogen and oxygen atoms in total. The van der Waals surface area contributed by atoms with E-state index in [0.29, 0.717) is 35.2 Å². The van der Waals surface area contributed by atoms with Gasteiger partial charge in [0.05, 0.1) is 36.6 Å². The summed E-state index contributed by atoms with van der Waals surface area (Å²) in [6.45, 7) is 4.89. The summed E-state index contributed by atoms with van der Waals surface area (Å²) in [4.78, 5) is 28.8. The van der Waals surface area contributed by atoms with Gasteiger partial charge in [-0.15, -0.1) is 11.3 Å². The van der Waals surface area contributed by atoms with Gasteiger partial charge in [0.1, 0.15) is 5.82 Å². The first kappa shape index (κ1) is 20.2. The fourth-order valence-electron chi connectivity index (χ4n) is 3.19. The number of thiazole rings is 1. The number of carbonyl (C=O) groups is 2. The molecule has 1 fully saturated rings. The lowest BCUT2D eigenvalue weighted by molar-refractivity contribution is -0.115. The van der Waals surface area contributed by atoms with E-state index in [4.69, 9.17) is 4.74 Å². The van der Waals surface area contributed by atoms with Crippen LogP contribution in [0.3, 0.4) is 0 Å². The van der Waals surface area contributed by atoms with Crippen molar-refractivity contribution in [2.24, 2.45) is 0 Å². The van der Waals surface area contributed by atoms with E-state index in [1.165, 1.54) is 23.5 Å². The fraction of sp³-hybridized carbons (Fsp3) is 0.286. The molecule has 4 rings (SSSR count). The summed E-state index contributed by atoms with van der Waals surface area (Å²) in [6.07, 6.45) is 3.59. The van der Waals surface area contributed by atoms with E-state index >= 15 is 0 Å². The number of aryl methyl sites for hydroxylation is 1. The first-order valence-corrected chi connectivity index (χ1v) is 10.3. The molecule has 1 aliphatic rings. The summed E-state index contributed by atoms with van der Waals surface area (Å²) in [7, 11) is 0. The molecular weight excluding hydrogens is 407 g/mol. The molecule has 2 amide bonds. The second kappa shape index (κ2) is 8.00. The van der Waals surface area contributed by atoms with E-state index in [1.54, 1.807) is 24.6 Å². The van der Waals surface area contributed by atoms with Crippen LogP contribution in [-0.2, 0) is 15.1 Å². The van der Waals surface area contributed by atoms with Gasteiger partial charge in [0.2, 0.25) is 5.91 Å². The Balaban J connectivity index is 1.32. The number of halogens is 1. The Bertz CT molecular complexity index is 1080. The molecule has 3 aromatic rings. The van der Waals surface area contributed by atoms with Crippen LogP contribution in [0.15, 0.2) is 42.0 Å². The summed E-state index contributed by atoms with van der Waals surface area (Å²) in [5.41, 5.74) is 2.37. The third kappa shape index (κ3) is 4.27. The molecule has 0 saturated carbocycles. The van der Waals surface area contributed by atoms with Gasteiger partial charge in [-0.1, -0.05) is 0 Å². The standard InChI is InChI=1S/C21H21FN4O3S/c1-13-5-15(7-16(22)6-13)17-10-30-20(24-17)25-18(27)8-23-19(28)14-3-4-26(9-14)21(2)11-29-12-21/h3-7,9-10H,8,11-12H2,1-2H3,(H,23,28)(H,24,25,27). The molecule has 30 heavy (non-hydrogen) atoms. The number of nitrogens with one attached hydrogen (secondary N) is 2. The number of aromatic nitrogens is 2.